The Balaban J connectivity index is 0.000000241. The second-order valence-corrected chi connectivity index (χ2v) is 33.1. The molecule has 0 amide bonds. The van der Waals surface area contributed by atoms with Crippen LogP contribution in [-0.2, 0) is 36.9 Å². The quantitative estimate of drug-likeness (QED) is 0.0362. The summed E-state index contributed by atoms with van der Waals surface area (Å²) in [5, 5.41) is 21.5. The molecule has 0 spiro atoms. The number of anilines is 4. The molecule has 0 aromatic heterocycles. The number of nitriles is 1. The molecule has 0 bridgehead atoms. The van der Waals surface area contributed by atoms with Crippen molar-refractivity contribution in [1.29, 1.82) is 5.26 Å². The van der Waals surface area contributed by atoms with E-state index in [9.17, 15) is 14.4 Å². The first kappa shape index (κ1) is 105. The molecular formula is C98H98BCl8N11NaO7. The molecule has 8 atom stereocenters. The number of rotatable bonds is 13. The number of nitrogens with one attached hydrogen (secondary N) is 2. The molecule has 1 radical (unpaired) electrons. The minimum atomic E-state index is -0.562. The molecule has 4 aliphatic heterocycles. The normalized spacial score (nSPS) is 17.9. The molecule has 4 N–H and O–H groups in total. The molecule has 4 fully saturated rings. The Labute approximate surface area is 803 Å². The van der Waals surface area contributed by atoms with Crippen molar-refractivity contribution in [2.24, 2.45) is 0 Å². The maximum absolute atomic E-state index is 10.1. The third kappa shape index (κ3) is 33.0. The zero-order valence-electron chi connectivity index (χ0n) is 71.2. The van der Waals surface area contributed by atoms with Crippen molar-refractivity contribution in [1.82, 2.24) is 20.4 Å². The third-order valence-electron chi connectivity index (χ3n) is 20.7. The van der Waals surface area contributed by atoms with E-state index in [2.05, 4.69) is 211 Å². The summed E-state index contributed by atoms with van der Waals surface area (Å²) in [5.41, 5.74) is 14.8. The van der Waals surface area contributed by atoms with Crippen LogP contribution < -0.4 is 59.8 Å². The van der Waals surface area contributed by atoms with Crippen LogP contribution in [-0.4, -0.2) is 124 Å². The second kappa shape index (κ2) is 54.7. The van der Waals surface area contributed by atoms with E-state index in [1.807, 2.05) is 127 Å². The van der Waals surface area contributed by atoms with Crippen LogP contribution >= 0.6 is 92.8 Å². The van der Waals surface area contributed by atoms with E-state index < -0.39 is 11.9 Å². The van der Waals surface area contributed by atoms with Gasteiger partial charge < -0.3 is 45.2 Å². The van der Waals surface area contributed by atoms with Crippen LogP contribution in [0.5, 0.6) is 0 Å². The van der Waals surface area contributed by atoms with Gasteiger partial charge in [0, 0.05) is 172 Å². The van der Waals surface area contributed by atoms with Crippen LogP contribution in [0.1, 0.15) is 122 Å². The molecule has 0 unspecified atom stereocenters. The zero-order valence-corrected chi connectivity index (χ0v) is 79.3. The van der Waals surface area contributed by atoms with Crippen LogP contribution in [0.25, 0.3) is 9.69 Å². The molecule has 0 aliphatic carbocycles. The average Bonchev–Trinajstić information content (AvgIpc) is 0.925. The van der Waals surface area contributed by atoms with Gasteiger partial charge in [0.25, 0.3) is 0 Å². The van der Waals surface area contributed by atoms with Crippen molar-refractivity contribution in [3.63, 3.8) is 0 Å². The zero-order chi connectivity index (χ0) is 89.8. The second-order valence-electron chi connectivity index (χ2n) is 29.6. The first-order valence-corrected chi connectivity index (χ1v) is 42.9. The van der Waals surface area contributed by atoms with Gasteiger partial charge in [-0.05, 0) is 219 Å². The predicted octanol–water partition coefficient (Wildman–Crippen LogP) is 20.3. The number of piperazine rings is 4. The molecular weight excluding hydrogens is 1760 g/mol. The number of benzene rings is 11. The molecule has 18 nitrogen and oxygen atoms in total. The summed E-state index contributed by atoms with van der Waals surface area (Å²) in [6.45, 7) is 36.1. The molecule has 15 rings (SSSR count). The van der Waals surface area contributed by atoms with Crippen molar-refractivity contribution >= 4 is 159 Å². The van der Waals surface area contributed by atoms with Gasteiger partial charge in [-0.1, -0.05) is 202 Å². The monoisotopic (exact) mass is 1850 g/mol. The summed E-state index contributed by atoms with van der Waals surface area (Å²) < 4.78 is 11.7. The fourth-order valence-corrected chi connectivity index (χ4v) is 15.9. The van der Waals surface area contributed by atoms with Gasteiger partial charge in [0.2, 0.25) is 0 Å². The molecule has 0 saturated carbocycles. The smallest absolute Gasteiger partial charge is 0.362 e. The Hall–Kier alpha value is -9.45. The van der Waals surface area contributed by atoms with Gasteiger partial charge in [-0.15, -0.1) is 0 Å². The predicted molar refractivity (Wildman–Crippen MR) is 512 cm³/mol. The van der Waals surface area contributed by atoms with Crippen molar-refractivity contribution in [3.8, 4) is 6.07 Å². The summed E-state index contributed by atoms with van der Waals surface area (Å²) >= 11 is 48.6. The molecule has 4 aliphatic rings. The first-order valence-electron chi connectivity index (χ1n) is 39.9. The minimum Gasteiger partial charge on any atom is -0.362 e. The number of carbonyl (C=O) groups is 3. The topological polar surface area (TPSA) is 202 Å². The molecule has 4 saturated heterocycles. The van der Waals surface area contributed by atoms with Gasteiger partial charge in [0.05, 0.1) is 48.9 Å². The van der Waals surface area contributed by atoms with E-state index in [1.165, 1.54) is 83.2 Å². The van der Waals surface area contributed by atoms with E-state index in [0.29, 0.717) is 58.8 Å². The Morgan fingerprint density at radius 2 is 0.802 bits per heavy atom. The molecule has 126 heavy (non-hydrogen) atoms. The maximum atomic E-state index is 10.1. The van der Waals surface area contributed by atoms with Crippen molar-refractivity contribution in [2.75, 3.05) is 72.0 Å². The van der Waals surface area contributed by atoms with Gasteiger partial charge in [-0.25, -0.2) is 9.69 Å². The molecule has 11 aromatic carbocycles. The van der Waals surface area contributed by atoms with E-state index >= 15 is 0 Å². The number of esters is 2. The van der Waals surface area contributed by atoms with Crippen LogP contribution in [0.4, 0.5) is 34.1 Å². The molecule has 28 heteroatoms. The number of hydrogen-bond acceptors (Lipinski definition) is 15. The third-order valence-corrected chi connectivity index (χ3v) is 22.7. The summed E-state index contributed by atoms with van der Waals surface area (Å²) in [7, 11) is 3.25. The van der Waals surface area contributed by atoms with Crippen molar-refractivity contribution < 1.29 is 63.7 Å². The molecule has 4 heterocycles. The van der Waals surface area contributed by atoms with Crippen molar-refractivity contribution in [3.05, 3.63) is 374 Å². The fourth-order valence-electron chi connectivity index (χ4n) is 14.9. The van der Waals surface area contributed by atoms with Crippen LogP contribution in [0, 0.1) is 24.5 Å². The number of ether oxygens (including phenoxy) is 1. The average molecular weight is 1860 g/mol. The van der Waals surface area contributed by atoms with Gasteiger partial charge in [-0.3, -0.25) is 30.5 Å². The number of halogens is 8. The Kier molecular flexibility index (Phi) is 45.7. The standard InChI is InChI=1S/2C25H23Cl2N3.2C17H18Cl2N2.C8H5NO.C4H6O3.C2H3O.BO.Na.H2O/c1-18-15-30(24-13-9-22(27)10-14-24)25(20-5-7-21(26)8-6-20)17-29(18)16-19-3-11-23(28-2)12-4-19;1-18-15-29(16-19-3-11-23(28-2)12-4-19)17-25(20-5-7-21(26)8-6-20)30(18)24-13-9-22(27)10-14-24;1-12-11-21(16-8-6-15(19)7-9-16)17(10-20-12)13-2-4-14(18)5-3-13;1-12-10-20-11-17(13-2-4-14(18)5-3-13)21(12)16-8-6-15(19)7-9-16;9-5-7-1-3-8(6-10)4-2-7;1-3(5)7-4(2)6;1-2-3;1-2;;/h2*3-14,18,25H,15-17H2,1H3;2*2-9,12,17,20H,10-11H2,1H3;1-4,6H;1-2H3;1H3;;;1H2/q;;;;;;-1;;+1;/t2*18-,25+;2*12-,17+;;;;;;/m1111....../s1. The van der Waals surface area contributed by atoms with Gasteiger partial charge in [0.1, 0.15) is 6.29 Å². The van der Waals surface area contributed by atoms with Crippen LogP contribution in [0.15, 0.2) is 267 Å². The molecule has 11 aromatic rings. The van der Waals surface area contributed by atoms with Crippen LogP contribution in [0.3, 0.4) is 0 Å². The van der Waals surface area contributed by atoms with Gasteiger partial charge in [-0.2, -0.15) is 12.2 Å². The minimum absolute atomic E-state index is 0. The summed E-state index contributed by atoms with van der Waals surface area (Å²) in [5.74, 6) is -1.12. The fraction of sp³-hybridized carbons (Fsp3) is 0.255. The number of hydrogen-bond donors (Lipinski definition) is 2. The largest absolute Gasteiger partial charge is 1.00 e. The van der Waals surface area contributed by atoms with E-state index in [-0.39, 0.29) is 47.1 Å². The molecule has 647 valence electrons. The SMILES string of the molecule is CC(=O)OC(C)=O.C[C-]=O.C[C@@H]1CN(c2ccc(Cl)cc2)[C@H](c2ccc(Cl)cc2)CN1.C[C@@H]1CNC[C@@H](c2ccc(Cl)cc2)N1c1ccc(Cl)cc1.N#Cc1ccc(C=O)cc1.O.[B]=O.[C-]#[N+]c1ccc(CN2C[C@@H](C)N(c3ccc(Cl)cc3)[C@H](c3ccc(Cl)cc3)C2)cc1.[C-]#[N+]c1ccc(CN2C[C@@H](c3ccc(Cl)cc3)N(c3ccc(Cl)cc3)C[C@H]2C)cc1.[Na+]. The van der Waals surface area contributed by atoms with E-state index in [0.717, 1.165) is 112 Å². The Morgan fingerprint density at radius 3 is 1.17 bits per heavy atom. The Bertz CT molecular complexity index is 5230. The van der Waals surface area contributed by atoms with Gasteiger partial charge in [0.15, 0.2) is 11.4 Å². The summed E-state index contributed by atoms with van der Waals surface area (Å²) in [6, 6.07) is 91.7. The van der Waals surface area contributed by atoms with E-state index in [4.69, 9.17) is 121 Å². The maximum Gasteiger partial charge on any atom is 1.00 e. The van der Waals surface area contributed by atoms with Crippen LogP contribution in [0.2, 0.25) is 40.2 Å². The number of nitrogens with zero attached hydrogens (tertiary/aromatic N) is 9. The van der Waals surface area contributed by atoms with Crippen molar-refractivity contribution in [2.45, 2.75) is 110 Å². The van der Waals surface area contributed by atoms with Gasteiger partial charge >= 0.3 is 53.9 Å². The summed E-state index contributed by atoms with van der Waals surface area (Å²) in [6.07, 6.45) is 2.25. The Morgan fingerprint density at radius 1 is 0.452 bits per heavy atom. The first-order chi connectivity index (χ1) is 59.7. The van der Waals surface area contributed by atoms with E-state index in [1.54, 1.807) is 24.3 Å². The number of carbonyl (C=O) groups excluding carboxylic acids is 4. The summed E-state index contributed by atoms with van der Waals surface area (Å²) in [4.78, 5) is 60.2. The number of aldehydes is 1.